The number of nitrogens with zero attached hydrogens (tertiary/aromatic N) is 4. The van der Waals surface area contributed by atoms with Crippen LogP contribution in [-0.4, -0.2) is 70.2 Å². The van der Waals surface area contributed by atoms with Crippen molar-refractivity contribution in [2.45, 2.75) is 52.4 Å². The van der Waals surface area contributed by atoms with Gasteiger partial charge >= 0.3 is 0 Å². The first-order valence-corrected chi connectivity index (χ1v) is 9.14. The van der Waals surface area contributed by atoms with Gasteiger partial charge in [-0.05, 0) is 52.6 Å². The van der Waals surface area contributed by atoms with Gasteiger partial charge in [-0.3, -0.25) is 9.69 Å². The summed E-state index contributed by atoms with van der Waals surface area (Å²) in [5, 5.41) is 0. The number of hydrogen-bond acceptors (Lipinski definition) is 4. The molecule has 2 fully saturated rings. The Hall–Kier alpha value is -1.40. The minimum Gasteiger partial charge on any atom is -0.372 e. The zero-order chi connectivity index (χ0) is 17.1. The Morgan fingerprint density at radius 1 is 1.25 bits per heavy atom. The number of carbonyl (C=O) groups excluding carboxylic acids is 1. The summed E-state index contributed by atoms with van der Waals surface area (Å²) >= 11 is 0. The van der Waals surface area contributed by atoms with Crippen LogP contribution >= 0.6 is 0 Å². The Morgan fingerprint density at radius 3 is 2.50 bits per heavy atom. The SMILES string of the molecule is Cc1nccn1CC1CCN(CC(=O)N2CC(C)OC(C)C2)CC1. The normalized spacial score (nSPS) is 26.7. The van der Waals surface area contributed by atoms with Gasteiger partial charge in [0.1, 0.15) is 5.82 Å². The third kappa shape index (κ3) is 4.36. The highest BCUT2D eigenvalue weighted by Crippen LogP contribution is 2.20. The van der Waals surface area contributed by atoms with E-state index < -0.39 is 0 Å². The molecular formula is C18H30N4O2. The van der Waals surface area contributed by atoms with Crippen molar-refractivity contribution < 1.29 is 9.53 Å². The molecule has 24 heavy (non-hydrogen) atoms. The number of piperidine rings is 1. The van der Waals surface area contributed by atoms with E-state index in [1.54, 1.807) is 0 Å². The second-order valence-corrected chi connectivity index (χ2v) is 7.40. The fourth-order valence-electron chi connectivity index (χ4n) is 3.87. The van der Waals surface area contributed by atoms with E-state index in [1.807, 2.05) is 24.9 Å². The summed E-state index contributed by atoms with van der Waals surface area (Å²) in [6.45, 7) is 11.2. The Labute approximate surface area is 144 Å². The van der Waals surface area contributed by atoms with Crippen LogP contribution in [-0.2, 0) is 16.1 Å². The van der Waals surface area contributed by atoms with Gasteiger partial charge in [-0.25, -0.2) is 4.98 Å². The third-order valence-corrected chi connectivity index (χ3v) is 5.22. The van der Waals surface area contributed by atoms with Gasteiger partial charge in [0.05, 0.1) is 18.8 Å². The molecule has 2 saturated heterocycles. The number of rotatable bonds is 4. The molecule has 2 atom stereocenters. The number of carbonyl (C=O) groups is 1. The molecule has 3 rings (SSSR count). The van der Waals surface area contributed by atoms with Gasteiger partial charge in [0, 0.05) is 32.0 Å². The first kappa shape index (κ1) is 17.4. The van der Waals surface area contributed by atoms with Gasteiger partial charge in [0.15, 0.2) is 0 Å². The van der Waals surface area contributed by atoms with Crippen LogP contribution < -0.4 is 0 Å². The van der Waals surface area contributed by atoms with E-state index in [9.17, 15) is 4.79 Å². The fraction of sp³-hybridized carbons (Fsp3) is 0.778. The predicted octanol–water partition coefficient (Wildman–Crippen LogP) is 1.54. The molecule has 6 nitrogen and oxygen atoms in total. The predicted molar refractivity (Wildman–Crippen MR) is 92.7 cm³/mol. The van der Waals surface area contributed by atoms with Crippen molar-refractivity contribution in [1.29, 1.82) is 0 Å². The maximum atomic E-state index is 12.6. The van der Waals surface area contributed by atoms with Crippen molar-refractivity contribution >= 4 is 5.91 Å². The second kappa shape index (κ2) is 7.66. The zero-order valence-corrected chi connectivity index (χ0v) is 15.1. The van der Waals surface area contributed by atoms with Crippen LogP contribution in [0.5, 0.6) is 0 Å². The fourth-order valence-corrected chi connectivity index (χ4v) is 3.87. The van der Waals surface area contributed by atoms with Crippen molar-refractivity contribution in [1.82, 2.24) is 19.4 Å². The van der Waals surface area contributed by atoms with E-state index in [0.29, 0.717) is 12.5 Å². The molecule has 1 aromatic heterocycles. The van der Waals surface area contributed by atoms with Crippen molar-refractivity contribution in [2.24, 2.45) is 5.92 Å². The highest BCUT2D eigenvalue weighted by atomic mass is 16.5. The number of ether oxygens (including phenoxy) is 1. The quantitative estimate of drug-likeness (QED) is 0.838. The largest absolute Gasteiger partial charge is 0.372 e. The lowest BCUT2D eigenvalue weighted by atomic mass is 9.96. The number of likely N-dealkylation sites (tertiary alicyclic amines) is 1. The average molecular weight is 334 g/mol. The molecule has 1 amide bonds. The zero-order valence-electron chi connectivity index (χ0n) is 15.1. The molecule has 2 aliphatic rings. The summed E-state index contributed by atoms with van der Waals surface area (Å²) < 4.78 is 7.95. The van der Waals surface area contributed by atoms with Crippen LogP contribution in [0, 0.1) is 12.8 Å². The molecule has 134 valence electrons. The number of aryl methyl sites for hydroxylation is 1. The van der Waals surface area contributed by atoms with Crippen LogP contribution in [0.3, 0.4) is 0 Å². The van der Waals surface area contributed by atoms with Gasteiger partial charge in [0.2, 0.25) is 5.91 Å². The van der Waals surface area contributed by atoms with Crippen LogP contribution in [0.1, 0.15) is 32.5 Å². The number of aromatic nitrogens is 2. The van der Waals surface area contributed by atoms with Crippen LogP contribution in [0.25, 0.3) is 0 Å². The number of morpholine rings is 1. The molecule has 2 aliphatic heterocycles. The molecule has 0 spiro atoms. The molecule has 0 aromatic carbocycles. The third-order valence-electron chi connectivity index (χ3n) is 5.22. The minimum absolute atomic E-state index is 0.141. The molecule has 0 aliphatic carbocycles. The maximum Gasteiger partial charge on any atom is 0.236 e. The Bertz CT molecular complexity index is 541. The molecule has 1 aromatic rings. The van der Waals surface area contributed by atoms with Gasteiger partial charge in [-0.2, -0.15) is 0 Å². The summed E-state index contributed by atoms with van der Waals surface area (Å²) in [4.78, 5) is 21.1. The highest BCUT2D eigenvalue weighted by molar-refractivity contribution is 5.78. The molecule has 0 bridgehead atoms. The van der Waals surface area contributed by atoms with Crippen molar-refractivity contribution in [3.8, 4) is 0 Å². The smallest absolute Gasteiger partial charge is 0.236 e. The molecule has 0 radical (unpaired) electrons. The van der Waals surface area contributed by atoms with E-state index in [0.717, 1.165) is 51.4 Å². The highest BCUT2D eigenvalue weighted by Gasteiger charge is 2.28. The van der Waals surface area contributed by atoms with Gasteiger partial charge in [0.25, 0.3) is 0 Å². The standard InChI is InChI=1S/C18H30N4O2/c1-14-10-22(11-15(2)24-14)18(23)13-20-7-4-17(5-8-20)12-21-9-6-19-16(21)3/h6,9,14-15,17H,4-5,7-8,10-13H2,1-3H3. The average Bonchev–Trinajstić information content (AvgIpc) is 2.93. The summed E-state index contributed by atoms with van der Waals surface area (Å²) in [5.74, 6) is 2.02. The maximum absolute atomic E-state index is 12.6. The van der Waals surface area contributed by atoms with E-state index >= 15 is 0 Å². The number of hydrogen-bond donors (Lipinski definition) is 0. The topological polar surface area (TPSA) is 50.6 Å². The summed E-state index contributed by atoms with van der Waals surface area (Å²) in [7, 11) is 0. The van der Waals surface area contributed by atoms with Crippen molar-refractivity contribution in [3.05, 3.63) is 18.2 Å². The van der Waals surface area contributed by atoms with Gasteiger partial charge in [-0.15, -0.1) is 0 Å². The van der Waals surface area contributed by atoms with Gasteiger partial charge < -0.3 is 14.2 Å². The van der Waals surface area contributed by atoms with E-state index in [-0.39, 0.29) is 18.1 Å². The summed E-state index contributed by atoms with van der Waals surface area (Å²) in [6, 6.07) is 0. The molecular weight excluding hydrogens is 304 g/mol. The van der Waals surface area contributed by atoms with Gasteiger partial charge in [-0.1, -0.05) is 0 Å². The van der Waals surface area contributed by atoms with E-state index in [4.69, 9.17) is 4.74 Å². The van der Waals surface area contributed by atoms with E-state index in [2.05, 4.69) is 27.6 Å². The second-order valence-electron chi connectivity index (χ2n) is 7.40. The molecule has 3 heterocycles. The van der Waals surface area contributed by atoms with Crippen molar-refractivity contribution in [2.75, 3.05) is 32.7 Å². The summed E-state index contributed by atoms with van der Waals surface area (Å²) in [6.07, 6.45) is 6.52. The Balaban J connectivity index is 1.43. The lowest BCUT2D eigenvalue weighted by Crippen LogP contribution is -2.51. The van der Waals surface area contributed by atoms with Crippen LogP contribution in [0.15, 0.2) is 12.4 Å². The van der Waals surface area contributed by atoms with Crippen molar-refractivity contribution in [3.63, 3.8) is 0 Å². The van der Waals surface area contributed by atoms with E-state index in [1.165, 1.54) is 0 Å². The number of amides is 1. The first-order valence-electron chi connectivity index (χ1n) is 9.14. The Morgan fingerprint density at radius 2 is 1.92 bits per heavy atom. The molecule has 0 saturated carbocycles. The lowest BCUT2D eigenvalue weighted by Gasteiger charge is -2.37. The summed E-state index contributed by atoms with van der Waals surface area (Å²) in [5.41, 5.74) is 0. The molecule has 0 N–H and O–H groups in total. The molecule has 2 unspecified atom stereocenters. The Kier molecular flexibility index (Phi) is 5.56. The van der Waals surface area contributed by atoms with Crippen LogP contribution in [0.4, 0.5) is 0 Å². The minimum atomic E-state index is 0.141. The first-order chi connectivity index (χ1) is 11.5. The molecule has 6 heteroatoms. The monoisotopic (exact) mass is 334 g/mol. The van der Waals surface area contributed by atoms with Crippen LogP contribution in [0.2, 0.25) is 0 Å². The number of imidazole rings is 1. The lowest BCUT2D eigenvalue weighted by molar-refractivity contribution is -0.144.